The second-order valence-electron chi connectivity index (χ2n) is 8.40. The summed E-state index contributed by atoms with van der Waals surface area (Å²) in [6.07, 6.45) is -0.320. The maximum atomic E-state index is 13.0. The number of hydrogen-bond donors (Lipinski definition) is 1. The number of benzene rings is 2. The maximum Gasteiger partial charge on any atom is 0.242 e. The molecule has 6 nitrogen and oxygen atoms in total. The van der Waals surface area contributed by atoms with Crippen molar-refractivity contribution in [2.75, 3.05) is 33.9 Å². The van der Waals surface area contributed by atoms with Crippen LogP contribution >= 0.6 is 11.6 Å². The number of ether oxygens (including phenoxy) is 1. The van der Waals surface area contributed by atoms with Gasteiger partial charge in [0.15, 0.2) is 0 Å². The molecule has 2 rings (SSSR count). The van der Waals surface area contributed by atoms with Crippen LogP contribution in [0.3, 0.4) is 0 Å². The van der Waals surface area contributed by atoms with Gasteiger partial charge in [0.2, 0.25) is 10.0 Å². The molecular weight excluding hydrogens is 448 g/mol. The highest BCUT2D eigenvalue weighted by atomic mass is 35.5. The number of nitrogens with zero attached hydrogens (tertiary/aromatic N) is 2. The van der Waals surface area contributed by atoms with Crippen molar-refractivity contribution in [1.82, 2.24) is 9.21 Å². The fourth-order valence-corrected chi connectivity index (χ4v) is 4.96. The highest BCUT2D eigenvalue weighted by Crippen LogP contribution is 2.22. The van der Waals surface area contributed by atoms with Crippen molar-refractivity contribution in [3.8, 4) is 0 Å². The molecule has 1 N–H and O–H groups in total. The molecule has 0 bridgehead atoms. The summed E-state index contributed by atoms with van der Waals surface area (Å²) in [5, 5.41) is 10.4. The molecule has 3 atom stereocenters. The summed E-state index contributed by atoms with van der Waals surface area (Å²) in [4.78, 5) is 2.41. The van der Waals surface area contributed by atoms with Crippen molar-refractivity contribution >= 4 is 21.6 Å². The molecule has 2 aromatic rings. The van der Waals surface area contributed by atoms with Gasteiger partial charge in [-0.1, -0.05) is 54.4 Å². The molecule has 0 unspecified atom stereocenters. The molecule has 2 aromatic carbocycles. The molecule has 0 saturated carbocycles. The van der Waals surface area contributed by atoms with Crippen molar-refractivity contribution in [1.29, 1.82) is 0 Å². The number of rotatable bonds is 12. The van der Waals surface area contributed by atoms with Gasteiger partial charge >= 0.3 is 0 Å². The normalized spacial score (nSPS) is 15.2. The molecule has 0 saturated heterocycles. The highest BCUT2D eigenvalue weighted by Gasteiger charge is 2.28. The summed E-state index contributed by atoms with van der Waals surface area (Å²) in [5.74, 6) is 0.00663. The van der Waals surface area contributed by atoms with Crippen LogP contribution in [0.5, 0.6) is 0 Å². The Morgan fingerprint density at radius 1 is 1.06 bits per heavy atom. The number of hydrogen-bond acceptors (Lipinski definition) is 5. The molecule has 0 fully saturated rings. The van der Waals surface area contributed by atoms with E-state index in [-0.39, 0.29) is 36.1 Å². The second-order valence-corrected chi connectivity index (χ2v) is 10.9. The van der Waals surface area contributed by atoms with Gasteiger partial charge in [-0.15, -0.1) is 0 Å². The van der Waals surface area contributed by atoms with E-state index in [1.165, 1.54) is 4.31 Å². The lowest BCUT2D eigenvalue weighted by Gasteiger charge is -2.34. The minimum absolute atomic E-state index is 0.00663. The summed E-state index contributed by atoms with van der Waals surface area (Å²) in [6, 6.07) is 14.4. The number of methoxy groups -OCH3 is 1. The van der Waals surface area contributed by atoms with E-state index < -0.39 is 10.0 Å². The van der Waals surface area contributed by atoms with E-state index in [9.17, 15) is 13.5 Å². The van der Waals surface area contributed by atoms with E-state index in [4.69, 9.17) is 16.3 Å². The Labute approximate surface area is 197 Å². The molecular formula is C24H35ClN2O4S. The third kappa shape index (κ3) is 7.01. The molecule has 0 spiro atoms. The Kier molecular flexibility index (Phi) is 10.1. The van der Waals surface area contributed by atoms with Gasteiger partial charge in [0.05, 0.1) is 17.6 Å². The smallest absolute Gasteiger partial charge is 0.242 e. The van der Waals surface area contributed by atoms with Gasteiger partial charge in [0, 0.05) is 44.9 Å². The SMILES string of the molecule is CO[C@@H](CN(C)S(=O)(=O)c1ccc(C)cc1)[C@@H](C)CN(Cc1ccccc1Cl)[C@H](C)CO. The number of aliphatic hydroxyl groups is 1. The predicted octanol–water partition coefficient (Wildman–Crippen LogP) is 3.80. The summed E-state index contributed by atoms with van der Waals surface area (Å²) in [7, 11) is -0.442. The van der Waals surface area contributed by atoms with Crippen LogP contribution in [0.25, 0.3) is 0 Å². The van der Waals surface area contributed by atoms with Crippen LogP contribution in [0.4, 0.5) is 0 Å². The number of likely N-dealkylation sites (N-methyl/N-ethyl adjacent to an activating group) is 1. The summed E-state index contributed by atoms with van der Waals surface area (Å²) in [5.41, 5.74) is 1.99. The lowest BCUT2D eigenvalue weighted by atomic mass is 10.0. The fraction of sp³-hybridized carbons (Fsp3) is 0.500. The van der Waals surface area contributed by atoms with Crippen LogP contribution in [0, 0.1) is 12.8 Å². The van der Waals surface area contributed by atoms with E-state index in [2.05, 4.69) is 4.90 Å². The Hall–Kier alpha value is -1.48. The Morgan fingerprint density at radius 2 is 1.69 bits per heavy atom. The average molecular weight is 483 g/mol. The van der Waals surface area contributed by atoms with Crippen LogP contribution in [0.1, 0.15) is 25.0 Å². The van der Waals surface area contributed by atoms with E-state index in [1.54, 1.807) is 38.4 Å². The second kappa shape index (κ2) is 12.1. The van der Waals surface area contributed by atoms with Crippen molar-refractivity contribution in [2.24, 2.45) is 5.92 Å². The molecule has 0 aliphatic carbocycles. The van der Waals surface area contributed by atoms with E-state index in [0.717, 1.165) is 11.1 Å². The van der Waals surface area contributed by atoms with Crippen molar-refractivity contribution in [3.05, 3.63) is 64.7 Å². The zero-order valence-corrected chi connectivity index (χ0v) is 21.1. The van der Waals surface area contributed by atoms with Crippen LogP contribution in [-0.4, -0.2) is 68.7 Å². The Bertz CT molecular complexity index is 953. The van der Waals surface area contributed by atoms with Crippen molar-refractivity contribution in [3.63, 3.8) is 0 Å². The van der Waals surface area contributed by atoms with Gasteiger partial charge < -0.3 is 9.84 Å². The number of aryl methyl sites for hydroxylation is 1. The Morgan fingerprint density at radius 3 is 2.25 bits per heavy atom. The van der Waals surface area contributed by atoms with Crippen LogP contribution in [0.2, 0.25) is 5.02 Å². The zero-order chi connectivity index (χ0) is 23.9. The van der Waals surface area contributed by atoms with E-state index in [0.29, 0.717) is 18.1 Å². The zero-order valence-electron chi connectivity index (χ0n) is 19.5. The molecule has 0 amide bonds. The van der Waals surface area contributed by atoms with Gasteiger partial charge in [-0.05, 0) is 43.5 Å². The van der Waals surface area contributed by atoms with Gasteiger partial charge in [0.25, 0.3) is 0 Å². The molecule has 0 aliphatic rings. The maximum absolute atomic E-state index is 13.0. The number of halogens is 1. The lowest BCUT2D eigenvalue weighted by molar-refractivity contribution is 0.0194. The van der Waals surface area contributed by atoms with Gasteiger partial charge in [-0.25, -0.2) is 8.42 Å². The minimum Gasteiger partial charge on any atom is -0.395 e. The molecule has 0 heterocycles. The third-order valence-corrected chi connectivity index (χ3v) is 8.05. The standard InChI is InChI=1S/C24H35ClN2O4S/c1-18-10-12-22(13-11-18)32(29,30)26(4)16-24(31-5)19(2)14-27(20(3)17-28)15-21-8-6-7-9-23(21)25/h6-13,19-20,24,28H,14-17H2,1-5H3/t19-,20+,24-/m0/s1. The average Bonchev–Trinajstić information content (AvgIpc) is 2.77. The largest absolute Gasteiger partial charge is 0.395 e. The minimum atomic E-state index is -3.62. The first-order valence-corrected chi connectivity index (χ1v) is 12.6. The molecule has 0 aliphatic heterocycles. The van der Waals surface area contributed by atoms with Gasteiger partial charge in [-0.2, -0.15) is 4.31 Å². The van der Waals surface area contributed by atoms with Gasteiger partial charge in [-0.3, -0.25) is 4.90 Å². The molecule has 8 heteroatoms. The quantitative estimate of drug-likeness (QED) is 0.498. The molecule has 0 radical (unpaired) electrons. The monoisotopic (exact) mass is 482 g/mol. The van der Waals surface area contributed by atoms with Crippen molar-refractivity contribution in [2.45, 2.75) is 44.4 Å². The Balaban J connectivity index is 2.12. The third-order valence-electron chi connectivity index (χ3n) is 5.84. The number of aliphatic hydroxyl groups excluding tert-OH is 1. The first kappa shape index (κ1) is 26.8. The van der Waals surface area contributed by atoms with Crippen molar-refractivity contribution < 1.29 is 18.3 Å². The van der Waals surface area contributed by atoms with Crippen LogP contribution < -0.4 is 0 Å². The van der Waals surface area contributed by atoms with Gasteiger partial charge in [0.1, 0.15) is 0 Å². The first-order valence-electron chi connectivity index (χ1n) is 10.7. The fourth-order valence-electron chi connectivity index (χ4n) is 3.58. The van der Waals surface area contributed by atoms with E-state index in [1.807, 2.05) is 45.0 Å². The lowest BCUT2D eigenvalue weighted by Crippen LogP contribution is -2.44. The summed E-state index contributed by atoms with van der Waals surface area (Å²) >= 11 is 6.34. The summed E-state index contributed by atoms with van der Waals surface area (Å²) < 4.78 is 33.0. The van der Waals surface area contributed by atoms with E-state index >= 15 is 0 Å². The van der Waals surface area contributed by atoms with Crippen LogP contribution in [-0.2, 0) is 21.3 Å². The molecule has 32 heavy (non-hydrogen) atoms. The molecule has 0 aromatic heterocycles. The first-order chi connectivity index (χ1) is 15.1. The highest BCUT2D eigenvalue weighted by molar-refractivity contribution is 7.89. The predicted molar refractivity (Wildman–Crippen MR) is 129 cm³/mol. The number of sulfonamides is 1. The van der Waals surface area contributed by atoms with Crippen LogP contribution in [0.15, 0.2) is 53.4 Å². The topological polar surface area (TPSA) is 70.1 Å². The summed E-state index contributed by atoms with van der Waals surface area (Å²) in [6.45, 7) is 7.34. The molecule has 178 valence electrons.